The van der Waals surface area contributed by atoms with Crippen molar-refractivity contribution in [1.82, 2.24) is 5.32 Å². The minimum atomic E-state index is -0.304. The number of furan rings is 1. The lowest BCUT2D eigenvalue weighted by Gasteiger charge is -2.24. The van der Waals surface area contributed by atoms with Gasteiger partial charge in [-0.3, -0.25) is 0 Å². The van der Waals surface area contributed by atoms with Crippen molar-refractivity contribution in [3.05, 3.63) is 193 Å². The standard InChI is InChI=1S/C45H31N3O/c1-4-12-30(13-5-1)31-22-24-32(25-23-31)33-26-28-36(29-27-33)44-46-43(35-16-8-3-9-17-35)47-45(48-44)39-20-11-21-40-41(39)38-19-10-18-37(42(38)49-40)34-14-6-2-7-15-34/h1-29,43H,(H,46,47,48). The van der Waals surface area contributed by atoms with Gasteiger partial charge < -0.3 is 9.73 Å². The highest BCUT2D eigenvalue weighted by molar-refractivity contribution is 6.22. The van der Waals surface area contributed by atoms with Crippen molar-refractivity contribution in [3.63, 3.8) is 0 Å². The minimum absolute atomic E-state index is 0.304. The van der Waals surface area contributed by atoms with Gasteiger partial charge in [-0.25, -0.2) is 9.98 Å². The van der Waals surface area contributed by atoms with E-state index < -0.39 is 0 Å². The molecule has 4 heteroatoms. The van der Waals surface area contributed by atoms with Gasteiger partial charge in [-0.05, 0) is 39.4 Å². The van der Waals surface area contributed by atoms with Crippen LogP contribution in [0.5, 0.6) is 0 Å². The zero-order chi connectivity index (χ0) is 32.6. The predicted molar refractivity (Wildman–Crippen MR) is 202 cm³/mol. The lowest BCUT2D eigenvalue weighted by molar-refractivity contribution is 0.668. The molecule has 1 N–H and O–H groups in total. The van der Waals surface area contributed by atoms with Crippen LogP contribution in [0.25, 0.3) is 55.3 Å². The van der Waals surface area contributed by atoms with Crippen molar-refractivity contribution in [3.8, 4) is 33.4 Å². The van der Waals surface area contributed by atoms with Crippen LogP contribution in [0.15, 0.2) is 190 Å². The van der Waals surface area contributed by atoms with Crippen LogP contribution in [-0.4, -0.2) is 11.7 Å². The number of nitrogens with zero attached hydrogens (tertiary/aromatic N) is 2. The fourth-order valence-electron chi connectivity index (χ4n) is 6.71. The van der Waals surface area contributed by atoms with Gasteiger partial charge >= 0.3 is 0 Å². The van der Waals surface area contributed by atoms with Gasteiger partial charge in [-0.1, -0.05) is 170 Å². The van der Waals surface area contributed by atoms with Crippen LogP contribution >= 0.6 is 0 Å². The molecule has 49 heavy (non-hydrogen) atoms. The summed E-state index contributed by atoms with van der Waals surface area (Å²) in [5.41, 5.74) is 11.6. The average molecular weight is 630 g/mol. The van der Waals surface area contributed by atoms with Crippen molar-refractivity contribution in [2.24, 2.45) is 9.98 Å². The van der Waals surface area contributed by atoms with Gasteiger partial charge in [0.05, 0.1) is 0 Å². The van der Waals surface area contributed by atoms with Crippen LogP contribution in [0, 0.1) is 0 Å². The Kier molecular flexibility index (Phi) is 7.17. The van der Waals surface area contributed by atoms with Gasteiger partial charge in [-0.15, -0.1) is 0 Å². The van der Waals surface area contributed by atoms with Gasteiger partial charge in [-0.2, -0.15) is 0 Å². The van der Waals surface area contributed by atoms with Crippen LogP contribution < -0.4 is 5.32 Å². The molecular weight excluding hydrogens is 599 g/mol. The highest BCUT2D eigenvalue weighted by Gasteiger charge is 2.24. The first-order chi connectivity index (χ1) is 24.3. The molecule has 4 nitrogen and oxygen atoms in total. The van der Waals surface area contributed by atoms with E-state index in [2.05, 4.69) is 139 Å². The molecule has 1 unspecified atom stereocenters. The summed E-state index contributed by atoms with van der Waals surface area (Å²) in [4.78, 5) is 10.3. The first-order valence-electron chi connectivity index (χ1n) is 16.5. The molecule has 8 aromatic rings. The number of amidine groups is 2. The van der Waals surface area contributed by atoms with Crippen LogP contribution in [0.2, 0.25) is 0 Å². The van der Waals surface area contributed by atoms with Crippen LogP contribution in [0.1, 0.15) is 22.9 Å². The van der Waals surface area contributed by atoms with E-state index in [1.54, 1.807) is 0 Å². The van der Waals surface area contributed by atoms with Gasteiger partial charge in [0.15, 0.2) is 5.84 Å². The van der Waals surface area contributed by atoms with E-state index in [1.807, 2.05) is 42.5 Å². The summed E-state index contributed by atoms with van der Waals surface area (Å²) >= 11 is 0. The molecule has 1 aliphatic rings. The highest BCUT2D eigenvalue weighted by atomic mass is 16.3. The number of aliphatic imine (C=N–C) groups is 2. The number of para-hydroxylation sites is 1. The Morgan fingerprint density at radius 3 is 1.63 bits per heavy atom. The highest BCUT2D eigenvalue weighted by Crippen LogP contribution is 2.38. The molecule has 0 radical (unpaired) electrons. The number of hydrogen-bond acceptors (Lipinski definition) is 4. The van der Waals surface area contributed by atoms with Crippen LogP contribution in [0.3, 0.4) is 0 Å². The molecule has 0 saturated carbocycles. The Hall–Kier alpha value is -6.52. The fourth-order valence-corrected chi connectivity index (χ4v) is 6.71. The molecule has 2 heterocycles. The number of hydrogen-bond donors (Lipinski definition) is 1. The maximum Gasteiger partial charge on any atom is 0.159 e. The molecule has 0 fully saturated rings. The second-order valence-electron chi connectivity index (χ2n) is 12.2. The van der Waals surface area contributed by atoms with Gasteiger partial charge in [0, 0.05) is 27.5 Å². The largest absolute Gasteiger partial charge is 0.455 e. The SMILES string of the molecule is c1ccc(-c2ccc(-c3ccc(C4=NC(c5ccccc5)NC(c5cccc6oc7c(-c8ccccc8)cccc7c56)=N4)cc3)cc2)cc1. The summed E-state index contributed by atoms with van der Waals surface area (Å²) < 4.78 is 6.57. The third kappa shape index (κ3) is 5.39. The number of nitrogens with one attached hydrogen (secondary N) is 1. The third-order valence-electron chi connectivity index (χ3n) is 9.19. The fraction of sp³-hybridized carbons (Fsp3) is 0.0222. The molecule has 232 valence electrons. The molecule has 0 spiro atoms. The molecule has 1 aliphatic heterocycles. The van der Waals surface area contributed by atoms with Crippen molar-refractivity contribution in [1.29, 1.82) is 0 Å². The Morgan fingerprint density at radius 2 is 0.980 bits per heavy atom. The van der Waals surface area contributed by atoms with Crippen molar-refractivity contribution in [2.75, 3.05) is 0 Å². The van der Waals surface area contributed by atoms with E-state index in [-0.39, 0.29) is 6.17 Å². The summed E-state index contributed by atoms with van der Waals surface area (Å²) in [6, 6.07) is 61.0. The molecule has 7 aromatic carbocycles. The molecular formula is C45H31N3O. The molecule has 1 atom stereocenters. The lowest BCUT2D eigenvalue weighted by Crippen LogP contribution is -2.33. The second-order valence-corrected chi connectivity index (χ2v) is 12.2. The molecule has 0 bridgehead atoms. The number of fused-ring (bicyclic) bond motifs is 3. The van der Waals surface area contributed by atoms with Crippen molar-refractivity contribution >= 4 is 33.6 Å². The molecule has 9 rings (SSSR count). The van der Waals surface area contributed by atoms with Gasteiger partial charge in [0.1, 0.15) is 23.2 Å². The maximum atomic E-state index is 6.57. The summed E-state index contributed by atoms with van der Waals surface area (Å²) in [6.45, 7) is 0. The normalized spacial score (nSPS) is 14.3. The quantitative estimate of drug-likeness (QED) is 0.199. The van der Waals surface area contributed by atoms with E-state index in [1.165, 1.54) is 16.7 Å². The van der Waals surface area contributed by atoms with E-state index in [0.29, 0.717) is 5.84 Å². The lowest BCUT2D eigenvalue weighted by atomic mass is 9.99. The zero-order valence-corrected chi connectivity index (χ0v) is 26.6. The minimum Gasteiger partial charge on any atom is -0.455 e. The van der Waals surface area contributed by atoms with Gasteiger partial charge in [0.25, 0.3) is 0 Å². The number of benzene rings is 7. The third-order valence-corrected chi connectivity index (χ3v) is 9.19. The average Bonchev–Trinajstić information content (AvgIpc) is 3.58. The molecule has 0 saturated heterocycles. The first-order valence-corrected chi connectivity index (χ1v) is 16.5. The van der Waals surface area contributed by atoms with Crippen LogP contribution in [0.4, 0.5) is 0 Å². The Bertz CT molecular complexity index is 2480. The smallest absolute Gasteiger partial charge is 0.159 e. The summed E-state index contributed by atoms with van der Waals surface area (Å²) in [7, 11) is 0. The predicted octanol–water partition coefficient (Wildman–Crippen LogP) is 11.1. The van der Waals surface area contributed by atoms with E-state index >= 15 is 0 Å². The Morgan fingerprint density at radius 1 is 0.449 bits per heavy atom. The molecule has 1 aromatic heterocycles. The van der Waals surface area contributed by atoms with Gasteiger partial charge in [0.2, 0.25) is 0 Å². The van der Waals surface area contributed by atoms with Crippen molar-refractivity contribution in [2.45, 2.75) is 6.17 Å². The number of rotatable bonds is 6. The molecule has 0 aliphatic carbocycles. The summed E-state index contributed by atoms with van der Waals surface area (Å²) in [6.07, 6.45) is -0.304. The molecule has 0 amide bonds. The maximum absolute atomic E-state index is 6.57. The van der Waals surface area contributed by atoms with Crippen molar-refractivity contribution < 1.29 is 4.42 Å². The second kappa shape index (κ2) is 12.3. The Balaban J connectivity index is 1.12. The zero-order valence-electron chi connectivity index (χ0n) is 26.6. The Labute approximate surface area is 284 Å². The van der Waals surface area contributed by atoms with E-state index in [4.69, 9.17) is 14.4 Å². The first kappa shape index (κ1) is 28.7. The van der Waals surface area contributed by atoms with E-state index in [0.717, 1.165) is 61.2 Å². The summed E-state index contributed by atoms with van der Waals surface area (Å²) in [5.74, 6) is 1.45. The summed E-state index contributed by atoms with van der Waals surface area (Å²) in [5, 5.41) is 5.74. The van der Waals surface area contributed by atoms with Crippen LogP contribution in [-0.2, 0) is 0 Å². The monoisotopic (exact) mass is 629 g/mol. The van der Waals surface area contributed by atoms with E-state index in [9.17, 15) is 0 Å². The topological polar surface area (TPSA) is 49.9 Å².